The van der Waals surface area contributed by atoms with Crippen molar-refractivity contribution in [2.24, 2.45) is 0 Å². The molecule has 7 nitrogen and oxygen atoms in total. The second kappa shape index (κ2) is 6.74. The lowest BCUT2D eigenvalue weighted by molar-refractivity contribution is 0.108. The molecule has 0 bridgehead atoms. The SMILES string of the molecule is O=c1cc2c(nn1CC1CCCN1c1cnc3ccccc3n1)CCOC2. The first-order valence-corrected chi connectivity index (χ1v) is 9.44. The first-order valence-electron chi connectivity index (χ1n) is 9.44. The quantitative estimate of drug-likeness (QED) is 0.708. The van der Waals surface area contributed by atoms with Gasteiger partial charge in [-0.25, -0.2) is 9.67 Å². The predicted octanol–water partition coefficient (Wildman–Crippen LogP) is 1.93. The summed E-state index contributed by atoms with van der Waals surface area (Å²) in [6.07, 6.45) is 4.69. The molecule has 0 amide bonds. The molecule has 0 saturated carbocycles. The van der Waals surface area contributed by atoms with Gasteiger partial charge in [0.1, 0.15) is 5.82 Å². The largest absolute Gasteiger partial charge is 0.376 e. The average molecular weight is 363 g/mol. The van der Waals surface area contributed by atoms with Crippen molar-refractivity contribution < 1.29 is 4.74 Å². The van der Waals surface area contributed by atoms with Crippen LogP contribution in [0.5, 0.6) is 0 Å². The molecule has 1 atom stereocenters. The van der Waals surface area contributed by atoms with Crippen LogP contribution in [0.15, 0.2) is 41.3 Å². The summed E-state index contributed by atoms with van der Waals surface area (Å²) >= 11 is 0. The minimum atomic E-state index is -0.0595. The Bertz CT molecular complexity index is 1050. The lowest BCUT2D eigenvalue weighted by Gasteiger charge is -2.26. The van der Waals surface area contributed by atoms with Crippen molar-refractivity contribution in [3.8, 4) is 0 Å². The zero-order valence-corrected chi connectivity index (χ0v) is 15.0. The third kappa shape index (κ3) is 3.08. The normalized spacial score (nSPS) is 19.4. The van der Waals surface area contributed by atoms with Crippen molar-refractivity contribution in [3.05, 3.63) is 58.1 Å². The van der Waals surface area contributed by atoms with Crippen LogP contribution in [0.2, 0.25) is 0 Å². The Hall–Kier alpha value is -2.80. The highest BCUT2D eigenvalue weighted by Crippen LogP contribution is 2.25. The Kier molecular flexibility index (Phi) is 4.09. The van der Waals surface area contributed by atoms with E-state index in [4.69, 9.17) is 9.72 Å². The van der Waals surface area contributed by atoms with Crippen LogP contribution in [0.4, 0.5) is 5.82 Å². The molecule has 1 unspecified atom stereocenters. The first kappa shape index (κ1) is 16.4. The maximum Gasteiger partial charge on any atom is 0.267 e. The highest BCUT2D eigenvalue weighted by Gasteiger charge is 2.27. The van der Waals surface area contributed by atoms with Gasteiger partial charge in [-0.05, 0) is 25.0 Å². The maximum atomic E-state index is 12.5. The molecule has 7 heteroatoms. The van der Waals surface area contributed by atoms with Gasteiger partial charge in [0.15, 0.2) is 0 Å². The summed E-state index contributed by atoms with van der Waals surface area (Å²) in [5.41, 5.74) is 3.63. The average Bonchev–Trinajstić information content (AvgIpc) is 3.16. The topological polar surface area (TPSA) is 73.1 Å². The van der Waals surface area contributed by atoms with E-state index in [0.717, 1.165) is 53.9 Å². The first-order chi connectivity index (χ1) is 13.3. The fourth-order valence-electron chi connectivity index (χ4n) is 4.00. The van der Waals surface area contributed by atoms with Crippen LogP contribution < -0.4 is 10.5 Å². The molecule has 0 spiro atoms. The predicted molar refractivity (Wildman–Crippen MR) is 102 cm³/mol. The van der Waals surface area contributed by atoms with Gasteiger partial charge in [0.05, 0.1) is 48.7 Å². The minimum absolute atomic E-state index is 0.0595. The molecular weight excluding hydrogens is 342 g/mol. The second-order valence-electron chi connectivity index (χ2n) is 7.15. The lowest BCUT2D eigenvalue weighted by Crippen LogP contribution is -2.38. The van der Waals surface area contributed by atoms with E-state index >= 15 is 0 Å². The molecule has 5 rings (SSSR count). The van der Waals surface area contributed by atoms with Crippen LogP contribution in [0.1, 0.15) is 24.1 Å². The Morgan fingerprint density at radius 1 is 1.22 bits per heavy atom. The van der Waals surface area contributed by atoms with Crippen LogP contribution >= 0.6 is 0 Å². The van der Waals surface area contributed by atoms with Crippen molar-refractivity contribution in [2.75, 3.05) is 18.1 Å². The van der Waals surface area contributed by atoms with E-state index in [1.807, 2.05) is 30.5 Å². The van der Waals surface area contributed by atoms with Crippen LogP contribution in [0.3, 0.4) is 0 Å². The summed E-state index contributed by atoms with van der Waals surface area (Å²) in [6.45, 7) is 2.65. The summed E-state index contributed by atoms with van der Waals surface area (Å²) in [5.74, 6) is 0.871. The van der Waals surface area contributed by atoms with E-state index in [1.165, 1.54) is 0 Å². The Morgan fingerprint density at radius 3 is 3.04 bits per heavy atom. The van der Waals surface area contributed by atoms with Gasteiger partial charge in [0, 0.05) is 24.6 Å². The molecule has 2 aliphatic heterocycles. The molecule has 3 aromatic rings. The zero-order chi connectivity index (χ0) is 18.2. The molecule has 1 aromatic carbocycles. The van der Waals surface area contributed by atoms with Crippen LogP contribution in [-0.2, 0) is 24.3 Å². The molecule has 1 fully saturated rings. The van der Waals surface area contributed by atoms with Gasteiger partial charge in [-0.15, -0.1) is 0 Å². The summed E-state index contributed by atoms with van der Waals surface area (Å²) in [4.78, 5) is 24.1. The van der Waals surface area contributed by atoms with Crippen molar-refractivity contribution in [1.82, 2.24) is 19.7 Å². The van der Waals surface area contributed by atoms with Gasteiger partial charge >= 0.3 is 0 Å². The summed E-state index contributed by atoms with van der Waals surface area (Å²) < 4.78 is 7.04. The molecule has 0 radical (unpaired) electrons. The van der Waals surface area contributed by atoms with Gasteiger partial charge in [-0.3, -0.25) is 9.78 Å². The van der Waals surface area contributed by atoms with Crippen molar-refractivity contribution in [2.45, 2.75) is 38.5 Å². The number of para-hydroxylation sites is 2. The number of hydrogen-bond donors (Lipinski definition) is 0. The monoisotopic (exact) mass is 363 g/mol. The number of nitrogens with zero attached hydrogens (tertiary/aromatic N) is 5. The zero-order valence-electron chi connectivity index (χ0n) is 15.0. The van der Waals surface area contributed by atoms with E-state index in [1.54, 1.807) is 10.7 Å². The Morgan fingerprint density at radius 2 is 2.11 bits per heavy atom. The highest BCUT2D eigenvalue weighted by molar-refractivity contribution is 5.75. The van der Waals surface area contributed by atoms with E-state index < -0.39 is 0 Å². The van der Waals surface area contributed by atoms with Crippen LogP contribution in [0.25, 0.3) is 11.0 Å². The van der Waals surface area contributed by atoms with Gasteiger partial charge in [0.25, 0.3) is 5.56 Å². The molecule has 4 heterocycles. The van der Waals surface area contributed by atoms with E-state index in [9.17, 15) is 4.79 Å². The fourth-order valence-corrected chi connectivity index (χ4v) is 4.00. The second-order valence-corrected chi connectivity index (χ2v) is 7.15. The molecule has 2 aliphatic rings. The minimum Gasteiger partial charge on any atom is -0.376 e. The summed E-state index contributed by atoms with van der Waals surface area (Å²) in [6, 6.07) is 9.76. The number of hydrogen-bond acceptors (Lipinski definition) is 6. The summed E-state index contributed by atoms with van der Waals surface area (Å²) in [7, 11) is 0. The number of fused-ring (bicyclic) bond motifs is 2. The van der Waals surface area contributed by atoms with Gasteiger partial charge in [0.2, 0.25) is 0 Å². The third-order valence-electron chi connectivity index (χ3n) is 5.40. The number of benzene rings is 1. The number of rotatable bonds is 3. The molecule has 0 N–H and O–H groups in total. The maximum absolute atomic E-state index is 12.5. The number of anilines is 1. The smallest absolute Gasteiger partial charge is 0.267 e. The van der Waals surface area contributed by atoms with Gasteiger partial charge < -0.3 is 9.64 Å². The highest BCUT2D eigenvalue weighted by atomic mass is 16.5. The fraction of sp³-hybridized carbons (Fsp3) is 0.400. The molecule has 2 aromatic heterocycles. The van der Waals surface area contributed by atoms with Gasteiger partial charge in [-0.2, -0.15) is 5.10 Å². The van der Waals surface area contributed by atoms with Gasteiger partial charge in [-0.1, -0.05) is 12.1 Å². The van der Waals surface area contributed by atoms with Crippen LogP contribution in [-0.4, -0.2) is 38.9 Å². The third-order valence-corrected chi connectivity index (χ3v) is 5.40. The van der Waals surface area contributed by atoms with Crippen LogP contribution in [0, 0.1) is 0 Å². The molecule has 138 valence electrons. The van der Waals surface area contributed by atoms with Crippen molar-refractivity contribution in [3.63, 3.8) is 0 Å². The lowest BCUT2D eigenvalue weighted by atomic mass is 10.1. The molecule has 1 saturated heterocycles. The van der Waals surface area contributed by atoms with Crippen molar-refractivity contribution in [1.29, 1.82) is 0 Å². The molecule has 27 heavy (non-hydrogen) atoms. The van der Waals surface area contributed by atoms with E-state index in [-0.39, 0.29) is 11.6 Å². The summed E-state index contributed by atoms with van der Waals surface area (Å²) in [5, 5.41) is 4.62. The Labute approximate surface area is 156 Å². The number of aromatic nitrogens is 4. The molecular formula is C20H21N5O2. The standard InChI is InChI=1S/C20H21N5O2/c26-20-10-14-13-27-9-7-16(14)23-25(20)12-15-4-3-8-24(15)19-11-21-17-5-1-2-6-18(17)22-19/h1-2,5-6,10-11,15H,3-4,7-9,12-13H2. The Balaban J connectivity index is 1.43. The van der Waals surface area contributed by atoms with E-state index in [2.05, 4.69) is 15.0 Å². The molecule has 0 aliphatic carbocycles. The number of ether oxygens (including phenoxy) is 1. The van der Waals surface area contributed by atoms with E-state index in [0.29, 0.717) is 19.8 Å². The van der Waals surface area contributed by atoms with Crippen molar-refractivity contribution >= 4 is 16.9 Å².